The topological polar surface area (TPSA) is 147 Å². The van der Waals surface area contributed by atoms with E-state index < -0.39 is 0 Å². The molecule has 278 valence electrons. The highest BCUT2D eigenvalue weighted by atomic mass is 32.1. The fourth-order valence-corrected chi connectivity index (χ4v) is 14.7. The van der Waals surface area contributed by atoms with Gasteiger partial charge in [-0.2, -0.15) is 0 Å². The van der Waals surface area contributed by atoms with Crippen LogP contribution in [0.3, 0.4) is 0 Å². The minimum absolute atomic E-state index is 0.146. The van der Waals surface area contributed by atoms with Crippen LogP contribution in [0.15, 0.2) is 68.0 Å². The van der Waals surface area contributed by atoms with Gasteiger partial charge in [0.15, 0.2) is 49.5 Å². The number of nitrogens with zero attached hydrogens (tertiary/aromatic N) is 10. The minimum Gasteiger partial charge on any atom is -0.343 e. The number of aromatic nitrogens is 10. The third-order valence-electron chi connectivity index (χ3n) is 10.3. The van der Waals surface area contributed by atoms with Gasteiger partial charge in [-0.05, 0) is 36.4 Å². The van der Waals surface area contributed by atoms with Crippen molar-refractivity contribution in [1.29, 1.82) is 0 Å². The Hall–Kier alpha value is -5.32. The lowest BCUT2D eigenvalue weighted by Gasteiger charge is -2.17. The molecule has 0 saturated heterocycles. The Balaban J connectivity index is 1.12. The highest BCUT2D eigenvalue weighted by Gasteiger charge is 2.24. The SMILES string of the molecule is Cn1c2cc3c(=O)c4c(-c5nc6scnc6s5)cc(-c5nc6scnc6s5)cc4n(C)c3cc2c(=O)c2c(-c3nc4scnc4s3)cc(-c3nc4scnc4s3)cc21. The average molecular weight is 901 g/mol. The summed E-state index contributed by atoms with van der Waals surface area (Å²) in [7, 11) is 3.89. The van der Waals surface area contributed by atoms with Crippen LogP contribution in [0, 0.1) is 0 Å². The van der Waals surface area contributed by atoms with Crippen LogP contribution in [0.25, 0.3) is 125 Å². The largest absolute Gasteiger partial charge is 0.343 e. The lowest BCUT2D eigenvalue weighted by atomic mass is 9.98. The molecular weight excluding hydrogens is 885 g/mol. The van der Waals surface area contributed by atoms with Crippen LogP contribution < -0.4 is 10.9 Å². The van der Waals surface area contributed by atoms with Gasteiger partial charge in [0.25, 0.3) is 0 Å². The highest BCUT2D eigenvalue weighted by molar-refractivity contribution is 7.29. The van der Waals surface area contributed by atoms with Crippen LogP contribution in [0.5, 0.6) is 0 Å². The van der Waals surface area contributed by atoms with Crippen molar-refractivity contribution >= 4 is 173 Å². The molecule has 10 heterocycles. The summed E-state index contributed by atoms with van der Waals surface area (Å²) in [4.78, 5) is 74.6. The van der Waals surface area contributed by atoms with Crippen molar-refractivity contribution in [2.24, 2.45) is 14.1 Å². The van der Waals surface area contributed by atoms with Gasteiger partial charge in [-0.1, -0.05) is 45.3 Å². The van der Waals surface area contributed by atoms with Crippen molar-refractivity contribution in [2.45, 2.75) is 0 Å². The fraction of sp³-hybridized carbons (Fsp3) is 0.0526. The summed E-state index contributed by atoms with van der Waals surface area (Å²) >= 11 is 11.9. The molecule has 13 aromatic rings. The lowest BCUT2D eigenvalue weighted by molar-refractivity contribution is 0.994. The van der Waals surface area contributed by atoms with Crippen molar-refractivity contribution in [1.82, 2.24) is 49.0 Å². The summed E-state index contributed by atoms with van der Waals surface area (Å²) in [6, 6.07) is 11.8. The molecule has 0 aliphatic carbocycles. The molecule has 0 amide bonds. The summed E-state index contributed by atoms with van der Waals surface area (Å²) in [5.74, 6) is 0. The molecule has 58 heavy (non-hydrogen) atoms. The third-order valence-corrected chi connectivity index (χ3v) is 17.8. The van der Waals surface area contributed by atoms with E-state index in [1.165, 1.54) is 90.7 Å². The number of pyridine rings is 2. The molecule has 0 aliphatic heterocycles. The monoisotopic (exact) mass is 900 g/mol. The van der Waals surface area contributed by atoms with Crippen LogP contribution in [0.1, 0.15) is 0 Å². The maximum absolute atomic E-state index is 15.1. The summed E-state index contributed by atoms with van der Waals surface area (Å²) < 4.78 is 4.02. The van der Waals surface area contributed by atoms with Gasteiger partial charge in [0.1, 0.15) is 20.0 Å². The Bertz CT molecular complexity index is 3660. The van der Waals surface area contributed by atoms with E-state index in [2.05, 4.69) is 19.9 Å². The molecule has 0 N–H and O–H groups in total. The van der Waals surface area contributed by atoms with Crippen LogP contribution in [-0.4, -0.2) is 49.0 Å². The highest BCUT2D eigenvalue weighted by Crippen LogP contribution is 2.43. The van der Waals surface area contributed by atoms with Crippen molar-refractivity contribution in [2.75, 3.05) is 0 Å². The second-order valence-corrected chi connectivity index (χ2v) is 20.7. The first-order chi connectivity index (χ1) is 28.3. The van der Waals surface area contributed by atoms with Crippen LogP contribution in [-0.2, 0) is 14.1 Å². The Morgan fingerprint density at radius 3 is 1.12 bits per heavy atom. The number of benzene rings is 3. The molecule has 0 bridgehead atoms. The van der Waals surface area contributed by atoms with E-state index in [0.717, 1.165) is 59.8 Å². The molecular formula is C38H16N10O2S8. The second-order valence-electron chi connectivity index (χ2n) is 13.4. The summed E-state index contributed by atoms with van der Waals surface area (Å²) in [5.41, 5.74) is 12.7. The number of rotatable bonds is 4. The maximum atomic E-state index is 15.1. The molecule has 3 aromatic carbocycles. The zero-order chi connectivity index (χ0) is 38.6. The van der Waals surface area contributed by atoms with E-state index in [1.54, 1.807) is 22.0 Å². The lowest BCUT2D eigenvalue weighted by Crippen LogP contribution is -2.14. The van der Waals surface area contributed by atoms with Gasteiger partial charge in [0.2, 0.25) is 0 Å². The summed E-state index contributed by atoms with van der Waals surface area (Å²) in [6.07, 6.45) is 0. The van der Waals surface area contributed by atoms with E-state index >= 15 is 9.59 Å². The third kappa shape index (κ3) is 4.73. The molecule has 12 nitrogen and oxygen atoms in total. The minimum atomic E-state index is -0.146. The molecule has 0 fully saturated rings. The predicted molar refractivity (Wildman–Crippen MR) is 244 cm³/mol. The van der Waals surface area contributed by atoms with Crippen molar-refractivity contribution in [3.05, 3.63) is 78.9 Å². The van der Waals surface area contributed by atoms with Crippen LogP contribution >= 0.6 is 90.7 Å². The Morgan fingerprint density at radius 1 is 0.414 bits per heavy atom. The van der Waals surface area contributed by atoms with Crippen LogP contribution in [0.4, 0.5) is 0 Å². The zero-order valence-electron chi connectivity index (χ0n) is 29.3. The molecule has 0 saturated carbocycles. The van der Waals surface area contributed by atoms with E-state index in [1.807, 2.05) is 59.6 Å². The van der Waals surface area contributed by atoms with Gasteiger partial charge in [0, 0.05) is 47.1 Å². The second kappa shape index (κ2) is 12.1. The molecule has 0 spiro atoms. The van der Waals surface area contributed by atoms with Gasteiger partial charge in [-0.15, -0.1) is 45.3 Å². The van der Waals surface area contributed by atoms with Gasteiger partial charge in [-0.3, -0.25) is 9.59 Å². The first-order valence-electron chi connectivity index (χ1n) is 17.3. The van der Waals surface area contributed by atoms with E-state index in [0.29, 0.717) is 64.8 Å². The number of aryl methyl sites for hydroxylation is 2. The quantitative estimate of drug-likeness (QED) is 0.156. The van der Waals surface area contributed by atoms with Gasteiger partial charge in [-0.25, -0.2) is 39.9 Å². The molecule has 0 unspecified atom stereocenters. The Morgan fingerprint density at radius 2 is 0.759 bits per heavy atom. The van der Waals surface area contributed by atoms with E-state index in [9.17, 15) is 0 Å². The molecule has 13 rings (SSSR count). The Labute approximate surface area is 354 Å². The van der Waals surface area contributed by atoms with E-state index in [4.69, 9.17) is 19.9 Å². The first-order valence-corrected chi connectivity index (χ1v) is 24.1. The number of thiazole rings is 8. The van der Waals surface area contributed by atoms with Crippen LogP contribution in [0.2, 0.25) is 0 Å². The molecule has 0 atom stereocenters. The summed E-state index contributed by atoms with van der Waals surface area (Å²) in [5, 5.41) is 5.11. The van der Waals surface area contributed by atoms with Crippen molar-refractivity contribution < 1.29 is 0 Å². The number of hydrogen-bond donors (Lipinski definition) is 0. The standard InChI is InChI=1S/C38H16N10O2S8/c1-47-19-7-16-20(48(2)22-6-14(28-44-36-32(56-28)40-10-52-36)4-18(24(22)26(16)50)30-46-38-34(58-30)42-12-54-38)8-15(19)25(49)23-17(29-45-37-33(57-29)41-11-53-37)3-13(5-21(23)47)27-43-35-31(55-27)39-9-51-35/h3-12H,1-2H3. The first kappa shape index (κ1) is 33.6. The van der Waals surface area contributed by atoms with Gasteiger partial charge >= 0.3 is 0 Å². The molecule has 10 aromatic heterocycles. The number of fused-ring (bicyclic) bond motifs is 8. The fourth-order valence-electron chi connectivity index (χ4n) is 7.67. The zero-order valence-corrected chi connectivity index (χ0v) is 35.9. The average Bonchev–Trinajstić information content (AvgIpc) is 4.07. The molecule has 0 radical (unpaired) electrons. The predicted octanol–water partition coefficient (Wildman–Crippen LogP) is 10.6. The maximum Gasteiger partial charge on any atom is 0.198 e. The number of hydrogen-bond acceptors (Lipinski definition) is 18. The smallest absolute Gasteiger partial charge is 0.198 e. The van der Waals surface area contributed by atoms with Gasteiger partial charge < -0.3 is 9.13 Å². The van der Waals surface area contributed by atoms with Gasteiger partial charge in [0.05, 0.1) is 54.9 Å². The molecule has 0 aliphatic rings. The van der Waals surface area contributed by atoms with Crippen molar-refractivity contribution in [3.63, 3.8) is 0 Å². The Kier molecular flexibility index (Phi) is 7.02. The molecule has 20 heteroatoms. The summed E-state index contributed by atoms with van der Waals surface area (Å²) in [6.45, 7) is 0. The van der Waals surface area contributed by atoms with Crippen molar-refractivity contribution in [3.8, 4) is 42.3 Å². The normalized spacial score (nSPS) is 12.4. The van der Waals surface area contributed by atoms with E-state index in [-0.39, 0.29) is 10.9 Å².